The normalized spacial score (nSPS) is 11.5. The minimum absolute atomic E-state index is 0.0223. The summed E-state index contributed by atoms with van der Waals surface area (Å²) in [5.74, 6) is -1.93. The Morgan fingerprint density at radius 2 is 1.60 bits per heavy atom. The van der Waals surface area contributed by atoms with E-state index in [9.17, 15) is 38.8 Å². The molecule has 0 aliphatic carbocycles. The fourth-order valence-electron chi connectivity index (χ4n) is 5.03. The van der Waals surface area contributed by atoms with Crippen molar-refractivity contribution in [2.24, 2.45) is 0 Å². The fourth-order valence-corrected chi connectivity index (χ4v) is 6.27. The molecule has 0 saturated carbocycles. The zero-order valence-corrected chi connectivity index (χ0v) is 43.8. The van der Waals surface area contributed by atoms with Crippen LogP contribution >= 0.6 is 65.6 Å². The van der Waals surface area contributed by atoms with E-state index >= 15 is 0 Å². The van der Waals surface area contributed by atoms with Crippen molar-refractivity contribution in [2.75, 3.05) is 76.3 Å². The van der Waals surface area contributed by atoms with Gasteiger partial charge in [-0.2, -0.15) is 0 Å². The van der Waals surface area contributed by atoms with Crippen LogP contribution in [0.1, 0.15) is 35.3 Å². The molecule has 374 valence electrons. The first-order valence-electron chi connectivity index (χ1n) is 19.4. The number of nitro benzene ring substituents is 1. The van der Waals surface area contributed by atoms with Gasteiger partial charge in [0.05, 0.1) is 67.0 Å². The van der Waals surface area contributed by atoms with E-state index < -0.39 is 42.1 Å². The number of hydrogen-bond donors (Lipinski definition) is 3. The molecule has 2 amide bonds. The molecule has 0 bridgehead atoms. The number of nitrogens with zero attached hydrogens (tertiary/aromatic N) is 3. The number of benzene rings is 3. The van der Waals surface area contributed by atoms with E-state index in [1.165, 1.54) is 23.1 Å². The Labute approximate surface area is 419 Å². The molecule has 24 heteroatoms. The van der Waals surface area contributed by atoms with E-state index in [-0.39, 0.29) is 45.8 Å². The Morgan fingerprint density at radius 3 is 2.03 bits per heavy atom. The second kappa shape index (κ2) is 35.2. The van der Waals surface area contributed by atoms with Crippen LogP contribution in [0.4, 0.5) is 11.4 Å². The predicted molar refractivity (Wildman–Crippen MR) is 269 cm³/mol. The minimum Gasteiger partial charge on any atom is -0.778 e. The molecule has 3 rings (SSSR count). The van der Waals surface area contributed by atoms with Crippen LogP contribution in [-0.4, -0.2) is 126 Å². The topological polar surface area (TPSA) is 238 Å². The summed E-state index contributed by atoms with van der Waals surface area (Å²) in [6.45, 7) is 14.0. The number of ether oxygens (including phenoxy) is 3. The molecule has 3 N–H and O–H groups in total. The molecule has 3 aromatic rings. The molecule has 0 aliphatic rings. The number of aryl methyl sites for hydroxylation is 2. The van der Waals surface area contributed by atoms with Crippen LogP contribution in [0.3, 0.4) is 0 Å². The number of anilines is 1. The van der Waals surface area contributed by atoms with Crippen LogP contribution in [0, 0.1) is 17.0 Å². The summed E-state index contributed by atoms with van der Waals surface area (Å²) in [7, 11) is -0.936. The maximum absolute atomic E-state index is 12.2. The quantitative estimate of drug-likeness (QED) is 0.0195. The van der Waals surface area contributed by atoms with Crippen molar-refractivity contribution in [1.82, 2.24) is 10.2 Å². The third-order valence-electron chi connectivity index (χ3n) is 7.65. The van der Waals surface area contributed by atoms with Gasteiger partial charge in [0.2, 0.25) is 5.91 Å². The number of para-hydroxylation sites is 1. The molecule has 0 spiro atoms. The Balaban J connectivity index is 0. The maximum atomic E-state index is 12.2. The number of methoxy groups -OCH3 is 2. The molecule has 3 aromatic carbocycles. The highest BCUT2D eigenvalue weighted by Gasteiger charge is 2.25. The molecule has 0 heterocycles. The number of carboxylic acid groups (broad SMARTS) is 1. The first-order chi connectivity index (χ1) is 31.3. The number of alkyl halides is 3. The molecule has 0 radical (unpaired) electrons. The average Bonchev–Trinajstić information content (AvgIpc) is 3.24. The van der Waals surface area contributed by atoms with E-state index in [4.69, 9.17) is 77.5 Å². The number of carbonyl (C=O) groups excluding carboxylic acids is 3. The number of nitro groups is 1. The zero-order valence-electron chi connectivity index (χ0n) is 38.3. The van der Waals surface area contributed by atoms with Crippen molar-refractivity contribution in [3.05, 3.63) is 117 Å². The molecule has 2 unspecified atom stereocenters. The monoisotopic (exact) mass is 1080 g/mol. The third-order valence-corrected chi connectivity index (χ3v) is 9.41. The molecule has 0 fully saturated rings. The van der Waals surface area contributed by atoms with Crippen molar-refractivity contribution in [3.63, 3.8) is 0 Å². The van der Waals surface area contributed by atoms with Crippen molar-refractivity contribution in [2.45, 2.75) is 38.1 Å². The van der Waals surface area contributed by atoms with Gasteiger partial charge in [-0.3, -0.25) is 29.8 Å². The van der Waals surface area contributed by atoms with E-state index in [1.807, 2.05) is 31.3 Å². The summed E-state index contributed by atoms with van der Waals surface area (Å²) in [6, 6.07) is 14.4. The number of carboxylic acids is 1. The summed E-state index contributed by atoms with van der Waals surface area (Å²) >= 11 is 28.3. The SMILES string of the molecule is C=CCN(CC=C)C(=O)C(Cl)Cl.CCc1cccc(C)c1N(C(=O)CCl)C(C)COC.COC(=O)c1cc(Oc2ccc(Cl)cc2Cl)ccc1[N+](=O)[O-].C[S+](C)C.O=C(O)CNCP(=O)([O-])O. The lowest BCUT2D eigenvalue weighted by atomic mass is 10.0. The first kappa shape index (κ1) is 65.2. The Morgan fingerprint density at radius 1 is 1.01 bits per heavy atom. The van der Waals surface area contributed by atoms with E-state index in [2.05, 4.69) is 49.7 Å². The summed E-state index contributed by atoms with van der Waals surface area (Å²) in [5, 5.41) is 21.6. The number of hydrogen-bond acceptors (Lipinski definition) is 12. The highest BCUT2D eigenvalue weighted by Crippen LogP contribution is 2.34. The lowest BCUT2D eigenvalue weighted by molar-refractivity contribution is -0.385. The Bertz CT molecular complexity index is 2100. The summed E-state index contributed by atoms with van der Waals surface area (Å²) in [6.07, 6.45) is 9.97. The lowest BCUT2D eigenvalue weighted by Crippen LogP contribution is -2.43. The average molecular weight is 1080 g/mol. The molecule has 0 aliphatic heterocycles. The Hall–Kier alpha value is -3.91. The molecule has 17 nitrogen and oxygen atoms in total. The van der Waals surface area contributed by atoms with Crippen LogP contribution < -0.4 is 19.8 Å². The molecular weight excluding hydrogens is 1020 g/mol. The molecular formula is C43H58Cl5N4O13PS. The number of esters is 1. The van der Waals surface area contributed by atoms with Crippen LogP contribution in [0.5, 0.6) is 11.5 Å². The minimum atomic E-state index is -4.35. The molecule has 2 atom stereocenters. The van der Waals surface area contributed by atoms with Gasteiger partial charge < -0.3 is 43.5 Å². The smallest absolute Gasteiger partial charge is 0.345 e. The number of nitrogens with one attached hydrogen (secondary N) is 1. The highest BCUT2D eigenvalue weighted by molar-refractivity contribution is 7.94. The zero-order chi connectivity index (χ0) is 52.0. The van der Waals surface area contributed by atoms with Gasteiger partial charge in [0.25, 0.3) is 11.6 Å². The fraction of sp³-hybridized carbons (Fsp3) is 0.395. The van der Waals surface area contributed by atoms with Crippen molar-refractivity contribution < 1.29 is 57.8 Å². The van der Waals surface area contributed by atoms with Crippen LogP contribution in [0.15, 0.2) is 79.9 Å². The third kappa shape index (κ3) is 27.6. The van der Waals surface area contributed by atoms with Gasteiger partial charge in [-0.1, -0.05) is 83.7 Å². The van der Waals surface area contributed by atoms with E-state index in [0.717, 1.165) is 36.4 Å². The van der Waals surface area contributed by atoms with E-state index in [0.29, 0.717) is 41.4 Å². The van der Waals surface area contributed by atoms with Gasteiger partial charge in [0.15, 0.2) is 4.84 Å². The van der Waals surface area contributed by atoms with E-state index in [1.54, 1.807) is 36.3 Å². The summed E-state index contributed by atoms with van der Waals surface area (Å²) < 4.78 is 25.2. The molecule has 0 aromatic heterocycles. The van der Waals surface area contributed by atoms with Crippen LogP contribution in [0.2, 0.25) is 10.0 Å². The number of rotatable bonds is 19. The Kier molecular flexibility index (Phi) is 34.3. The van der Waals surface area contributed by atoms with Gasteiger partial charge >= 0.3 is 11.9 Å². The predicted octanol–water partition coefficient (Wildman–Crippen LogP) is 8.29. The number of halogens is 5. The second-order valence-electron chi connectivity index (χ2n) is 13.7. The van der Waals surface area contributed by atoms with Crippen LogP contribution in [0.25, 0.3) is 0 Å². The summed E-state index contributed by atoms with van der Waals surface area (Å²) in [5.41, 5.74) is 2.62. The van der Waals surface area contributed by atoms with Gasteiger partial charge in [0, 0.05) is 37.4 Å². The van der Waals surface area contributed by atoms with Crippen molar-refractivity contribution >= 4 is 112 Å². The largest absolute Gasteiger partial charge is 0.778 e. The summed E-state index contributed by atoms with van der Waals surface area (Å²) in [4.78, 5) is 75.2. The van der Waals surface area contributed by atoms with Gasteiger partial charge in [-0.15, -0.1) is 24.8 Å². The van der Waals surface area contributed by atoms with Crippen molar-refractivity contribution in [3.8, 4) is 11.5 Å². The molecule has 67 heavy (non-hydrogen) atoms. The first-order valence-corrected chi connectivity index (χ1v) is 25.8. The van der Waals surface area contributed by atoms with Crippen molar-refractivity contribution in [1.29, 1.82) is 0 Å². The number of amides is 2. The van der Waals surface area contributed by atoms with Gasteiger partial charge in [0.1, 0.15) is 30.5 Å². The van der Waals surface area contributed by atoms with Gasteiger partial charge in [-0.05, 0) is 66.6 Å². The number of carbonyl (C=O) groups is 4. The van der Waals surface area contributed by atoms with Crippen LogP contribution in [-0.2, 0) is 45.7 Å². The second-order valence-corrected chi connectivity index (χ2v) is 20.0. The highest BCUT2D eigenvalue weighted by atomic mass is 35.5. The lowest BCUT2D eigenvalue weighted by Gasteiger charge is -2.31. The van der Waals surface area contributed by atoms with Gasteiger partial charge in [-0.25, -0.2) is 4.79 Å². The molecule has 0 saturated heterocycles. The maximum Gasteiger partial charge on any atom is 0.345 e. The standard InChI is InChI=1S/C15H22ClNO2.C14H9Cl2NO5.C8H11Cl2NO.C3H8NO5P.C3H9S/c1-5-13-8-6-7-11(2)15(13)17(14(18)9-16)12(3)10-19-4;1-21-14(18)10-7-9(3-4-12(10)17(19)20)22-13-5-2-8(15)6-11(13)16;1-3-5-11(6-4-2)8(12)7(9)10;5-3(6)1-4-2-10(7,8)9;1-4(2)3/h6-8,12H,5,9-10H2,1-4H3;2-7H,1H3;3-4,7H,1-2,5-6H2;4H,1-2H2,(H,5,6)(H2,7,8,9);1-3H3/q;;;;+1/p-1. The number of aliphatic carboxylic acids is 1.